The van der Waals surface area contributed by atoms with E-state index in [2.05, 4.69) is 10.1 Å². The third-order valence-corrected chi connectivity index (χ3v) is 2.15. The topological polar surface area (TPSA) is 56.7 Å². The number of hydrogen-bond donors (Lipinski definition) is 1. The maximum atomic E-state index is 5.60. The number of nitrogens with zero attached hydrogens (tertiary/aromatic N) is 3. The number of aryl methyl sites for hydroxylation is 1. The van der Waals surface area contributed by atoms with E-state index in [9.17, 15) is 0 Å². The molecule has 0 spiro atoms. The Morgan fingerprint density at radius 2 is 2.00 bits per heavy atom. The van der Waals surface area contributed by atoms with Crippen molar-refractivity contribution in [3.05, 3.63) is 42.0 Å². The van der Waals surface area contributed by atoms with E-state index in [1.165, 1.54) is 5.56 Å². The van der Waals surface area contributed by atoms with Crippen molar-refractivity contribution in [2.45, 2.75) is 6.42 Å². The van der Waals surface area contributed by atoms with Gasteiger partial charge in [0, 0.05) is 19.2 Å². The predicted molar refractivity (Wildman–Crippen MR) is 54.7 cm³/mol. The Hall–Kier alpha value is -1.84. The first-order valence-electron chi connectivity index (χ1n) is 4.43. The van der Waals surface area contributed by atoms with Crippen molar-refractivity contribution in [3.8, 4) is 0 Å². The van der Waals surface area contributed by atoms with Gasteiger partial charge in [-0.15, -0.1) is 0 Å². The molecule has 2 N–H and O–H groups in total. The second kappa shape index (κ2) is 3.49. The predicted octanol–water partition coefficient (Wildman–Crippen LogP) is 0.988. The first-order valence-corrected chi connectivity index (χ1v) is 4.43. The summed E-state index contributed by atoms with van der Waals surface area (Å²) in [6.07, 6.45) is 2.35. The largest absolute Gasteiger partial charge is 0.399 e. The molecule has 1 heterocycles. The van der Waals surface area contributed by atoms with Gasteiger partial charge in [0.1, 0.15) is 12.2 Å². The van der Waals surface area contributed by atoms with Crippen LogP contribution in [0.4, 0.5) is 5.69 Å². The molecule has 72 valence electrons. The number of nitrogen functional groups attached to an aromatic ring is 1. The molecular weight excluding hydrogens is 176 g/mol. The molecule has 2 rings (SSSR count). The van der Waals surface area contributed by atoms with Crippen molar-refractivity contribution in [2.75, 3.05) is 5.73 Å². The summed E-state index contributed by atoms with van der Waals surface area (Å²) >= 11 is 0. The van der Waals surface area contributed by atoms with Crippen LogP contribution in [0.3, 0.4) is 0 Å². The van der Waals surface area contributed by atoms with E-state index in [0.717, 1.165) is 17.9 Å². The lowest BCUT2D eigenvalue weighted by molar-refractivity contribution is 0.716. The molecular formula is C10H12N4. The van der Waals surface area contributed by atoms with Gasteiger partial charge in [-0.25, -0.2) is 4.98 Å². The Morgan fingerprint density at radius 1 is 1.29 bits per heavy atom. The van der Waals surface area contributed by atoms with Crippen molar-refractivity contribution in [1.82, 2.24) is 14.8 Å². The zero-order valence-corrected chi connectivity index (χ0v) is 8.01. The van der Waals surface area contributed by atoms with E-state index in [4.69, 9.17) is 5.73 Å². The summed E-state index contributed by atoms with van der Waals surface area (Å²) in [5.41, 5.74) is 7.57. The minimum Gasteiger partial charge on any atom is -0.399 e. The van der Waals surface area contributed by atoms with Gasteiger partial charge in [-0.3, -0.25) is 4.68 Å². The van der Waals surface area contributed by atoms with Crippen molar-refractivity contribution in [2.24, 2.45) is 7.05 Å². The zero-order chi connectivity index (χ0) is 9.97. The summed E-state index contributed by atoms with van der Waals surface area (Å²) in [7, 11) is 1.89. The number of hydrogen-bond acceptors (Lipinski definition) is 3. The molecule has 0 unspecified atom stereocenters. The lowest BCUT2D eigenvalue weighted by Gasteiger charge is -2.01. The maximum Gasteiger partial charge on any atom is 0.138 e. The monoisotopic (exact) mass is 188 g/mol. The van der Waals surface area contributed by atoms with E-state index in [1.54, 1.807) is 11.0 Å². The second-order valence-corrected chi connectivity index (χ2v) is 3.22. The molecule has 0 aliphatic heterocycles. The average Bonchev–Trinajstić information content (AvgIpc) is 2.56. The molecule has 0 aliphatic rings. The Kier molecular flexibility index (Phi) is 2.18. The average molecular weight is 188 g/mol. The fourth-order valence-corrected chi connectivity index (χ4v) is 1.30. The highest BCUT2D eigenvalue weighted by molar-refractivity contribution is 5.39. The highest BCUT2D eigenvalue weighted by atomic mass is 15.3. The van der Waals surface area contributed by atoms with Crippen molar-refractivity contribution in [1.29, 1.82) is 0 Å². The summed E-state index contributed by atoms with van der Waals surface area (Å²) in [6, 6.07) is 7.80. The third kappa shape index (κ3) is 1.74. The second-order valence-electron chi connectivity index (χ2n) is 3.22. The molecule has 0 atom stereocenters. The van der Waals surface area contributed by atoms with Gasteiger partial charge in [0.15, 0.2) is 0 Å². The highest BCUT2D eigenvalue weighted by Gasteiger charge is 2.01. The van der Waals surface area contributed by atoms with Crippen molar-refractivity contribution in [3.63, 3.8) is 0 Å². The van der Waals surface area contributed by atoms with Crippen LogP contribution in [0.1, 0.15) is 11.4 Å². The molecule has 0 bridgehead atoms. The fourth-order valence-electron chi connectivity index (χ4n) is 1.30. The molecule has 0 fully saturated rings. The van der Waals surface area contributed by atoms with Crippen LogP contribution in [0.5, 0.6) is 0 Å². The standard InChI is InChI=1S/C10H12N4/c1-14-10(12-7-13-14)6-8-2-4-9(11)5-3-8/h2-5,7H,6,11H2,1H3. The zero-order valence-electron chi connectivity index (χ0n) is 8.01. The third-order valence-electron chi connectivity index (χ3n) is 2.15. The van der Waals surface area contributed by atoms with Crippen LogP contribution in [-0.4, -0.2) is 14.8 Å². The van der Waals surface area contributed by atoms with Gasteiger partial charge in [0.25, 0.3) is 0 Å². The molecule has 0 saturated carbocycles. The number of anilines is 1. The molecule has 0 radical (unpaired) electrons. The number of aromatic nitrogens is 3. The maximum absolute atomic E-state index is 5.60. The van der Waals surface area contributed by atoms with Gasteiger partial charge in [0.2, 0.25) is 0 Å². The Morgan fingerprint density at radius 3 is 2.57 bits per heavy atom. The Labute approximate surface area is 82.4 Å². The molecule has 0 saturated heterocycles. The van der Waals surface area contributed by atoms with Crippen LogP contribution in [0.2, 0.25) is 0 Å². The lowest BCUT2D eigenvalue weighted by atomic mass is 10.1. The van der Waals surface area contributed by atoms with Crippen LogP contribution in [0.15, 0.2) is 30.6 Å². The molecule has 1 aromatic carbocycles. The van der Waals surface area contributed by atoms with Gasteiger partial charge in [-0.2, -0.15) is 5.10 Å². The summed E-state index contributed by atoms with van der Waals surface area (Å²) in [5.74, 6) is 0.953. The first kappa shape index (κ1) is 8.74. The van der Waals surface area contributed by atoms with Gasteiger partial charge in [-0.1, -0.05) is 12.1 Å². The minimum atomic E-state index is 0.784. The van der Waals surface area contributed by atoms with E-state index in [-0.39, 0.29) is 0 Å². The van der Waals surface area contributed by atoms with Crippen LogP contribution in [0.25, 0.3) is 0 Å². The Bertz CT molecular complexity index is 416. The summed E-state index contributed by atoms with van der Waals surface area (Å²) in [4.78, 5) is 4.15. The Balaban J connectivity index is 2.19. The fraction of sp³-hybridized carbons (Fsp3) is 0.200. The highest BCUT2D eigenvalue weighted by Crippen LogP contribution is 2.09. The molecule has 4 nitrogen and oxygen atoms in total. The van der Waals surface area contributed by atoms with Crippen LogP contribution in [0, 0.1) is 0 Å². The van der Waals surface area contributed by atoms with Crippen LogP contribution in [-0.2, 0) is 13.5 Å². The van der Waals surface area contributed by atoms with Gasteiger partial charge >= 0.3 is 0 Å². The van der Waals surface area contributed by atoms with E-state index in [0.29, 0.717) is 0 Å². The van der Waals surface area contributed by atoms with Gasteiger partial charge in [-0.05, 0) is 17.7 Å². The molecule has 4 heteroatoms. The van der Waals surface area contributed by atoms with Gasteiger partial charge in [0.05, 0.1) is 0 Å². The molecule has 14 heavy (non-hydrogen) atoms. The van der Waals surface area contributed by atoms with E-state index < -0.39 is 0 Å². The molecule has 2 aromatic rings. The van der Waals surface area contributed by atoms with Crippen molar-refractivity contribution < 1.29 is 0 Å². The van der Waals surface area contributed by atoms with Crippen LogP contribution >= 0.6 is 0 Å². The summed E-state index contributed by atoms with van der Waals surface area (Å²) in [6.45, 7) is 0. The molecule has 0 amide bonds. The van der Waals surface area contributed by atoms with Crippen LogP contribution < -0.4 is 5.73 Å². The SMILES string of the molecule is Cn1ncnc1Cc1ccc(N)cc1. The smallest absolute Gasteiger partial charge is 0.138 e. The molecule has 0 aliphatic carbocycles. The number of nitrogens with two attached hydrogens (primary N) is 1. The lowest BCUT2D eigenvalue weighted by Crippen LogP contribution is -2.00. The normalized spacial score (nSPS) is 10.4. The molecule has 1 aromatic heterocycles. The van der Waals surface area contributed by atoms with Crippen molar-refractivity contribution >= 4 is 5.69 Å². The summed E-state index contributed by atoms with van der Waals surface area (Å²) in [5, 5.41) is 4.01. The first-order chi connectivity index (χ1) is 6.75. The minimum absolute atomic E-state index is 0.784. The van der Waals surface area contributed by atoms with E-state index >= 15 is 0 Å². The number of benzene rings is 1. The quantitative estimate of drug-likeness (QED) is 0.715. The van der Waals surface area contributed by atoms with Gasteiger partial charge < -0.3 is 5.73 Å². The van der Waals surface area contributed by atoms with E-state index in [1.807, 2.05) is 31.3 Å². The summed E-state index contributed by atoms with van der Waals surface area (Å²) < 4.78 is 1.77. The number of rotatable bonds is 2.